The third-order valence-electron chi connectivity index (χ3n) is 4.38. The monoisotopic (exact) mass is 319 g/mol. The summed E-state index contributed by atoms with van der Waals surface area (Å²) >= 11 is 0. The second-order valence-electron chi connectivity index (χ2n) is 5.87. The van der Waals surface area contributed by atoms with Gasteiger partial charge in [-0.2, -0.15) is 8.78 Å². The zero-order chi connectivity index (χ0) is 16.4. The molecule has 0 bridgehead atoms. The van der Waals surface area contributed by atoms with Gasteiger partial charge in [0, 0.05) is 19.4 Å². The van der Waals surface area contributed by atoms with Gasteiger partial charge in [-0.05, 0) is 30.4 Å². The van der Waals surface area contributed by atoms with E-state index in [1.165, 1.54) is 22.9 Å². The fourth-order valence-electron chi connectivity index (χ4n) is 3.21. The lowest BCUT2D eigenvalue weighted by Gasteiger charge is -2.28. The summed E-state index contributed by atoms with van der Waals surface area (Å²) in [5.74, 6) is -0.0409. The Kier molecular flexibility index (Phi) is 4.41. The minimum atomic E-state index is -2.65. The van der Waals surface area contributed by atoms with Gasteiger partial charge in [-0.3, -0.25) is 9.36 Å². The predicted octanol–water partition coefficient (Wildman–Crippen LogP) is 3.36. The zero-order valence-electron chi connectivity index (χ0n) is 13.0. The van der Waals surface area contributed by atoms with E-state index in [-0.39, 0.29) is 24.2 Å². The van der Waals surface area contributed by atoms with Crippen molar-refractivity contribution >= 4 is 5.91 Å². The Morgan fingerprint density at radius 2 is 2.22 bits per heavy atom. The van der Waals surface area contributed by atoms with Crippen LogP contribution in [-0.4, -0.2) is 27.4 Å². The van der Waals surface area contributed by atoms with Crippen LogP contribution in [0, 0.1) is 0 Å². The average Bonchev–Trinajstić information content (AvgIpc) is 3.02. The van der Waals surface area contributed by atoms with Crippen LogP contribution in [-0.2, 0) is 17.8 Å². The highest BCUT2D eigenvalue weighted by atomic mass is 19.3. The van der Waals surface area contributed by atoms with E-state index >= 15 is 0 Å². The number of carbonyl (C=O) groups excluding carboxylic acids is 1. The van der Waals surface area contributed by atoms with Gasteiger partial charge in [0.1, 0.15) is 5.82 Å². The van der Waals surface area contributed by atoms with Gasteiger partial charge in [0.15, 0.2) is 0 Å². The molecule has 122 valence electrons. The van der Waals surface area contributed by atoms with E-state index < -0.39 is 6.55 Å². The van der Waals surface area contributed by atoms with Crippen molar-refractivity contribution in [3.05, 3.63) is 53.6 Å². The number of hydrogen-bond donors (Lipinski definition) is 0. The van der Waals surface area contributed by atoms with Crippen LogP contribution in [0.1, 0.15) is 42.3 Å². The molecule has 0 radical (unpaired) electrons. The lowest BCUT2D eigenvalue weighted by atomic mass is 9.82. The maximum atomic E-state index is 12.9. The summed E-state index contributed by atoms with van der Waals surface area (Å²) in [6, 6.07) is 7.96. The fourth-order valence-corrected chi connectivity index (χ4v) is 3.21. The second kappa shape index (κ2) is 6.48. The minimum Gasteiger partial charge on any atom is -0.338 e. The molecule has 1 atom stereocenters. The zero-order valence-corrected chi connectivity index (χ0v) is 13.0. The number of hydrogen-bond acceptors (Lipinski definition) is 2. The number of aromatic nitrogens is 2. The number of halogens is 2. The van der Waals surface area contributed by atoms with Crippen molar-refractivity contribution in [2.24, 2.45) is 0 Å². The summed E-state index contributed by atoms with van der Waals surface area (Å²) in [4.78, 5) is 18.2. The summed E-state index contributed by atoms with van der Waals surface area (Å²) < 4.78 is 26.6. The van der Waals surface area contributed by atoms with E-state index in [1.54, 1.807) is 7.05 Å². The molecule has 0 N–H and O–H groups in total. The van der Waals surface area contributed by atoms with Gasteiger partial charge >= 0.3 is 6.55 Å². The first-order valence-electron chi connectivity index (χ1n) is 7.70. The molecule has 1 aliphatic carbocycles. The third kappa shape index (κ3) is 3.11. The van der Waals surface area contributed by atoms with Crippen molar-refractivity contribution in [2.45, 2.75) is 38.3 Å². The largest absolute Gasteiger partial charge is 0.338 e. The van der Waals surface area contributed by atoms with E-state index in [2.05, 4.69) is 11.1 Å². The number of aryl methyl sites for hydroxylation is 1. The number of alkyl halides is 2. The van der Waals surface area contributed by atoms with Gasteiger partial charge in [0.25, 0.3) is 0 Å². The molecule has 1 amide bonds. The Balaban J connectivity index is 1.77. The van der Waals surface area contributed by atoms with Gasteiger partial charge < -0.3 is 4.90 Å². The van der Waals surface area contributed by atoms with E-state index in [0.29, 0.717) is 0 Å². The highest BCUT2D eigenvalue weighted by molar-refractivity contribution is 5.84. The number of fused-ring (bicyclic) bond motifs is 1. The van der Waals surface area contributed by atoms with E-state index in [1.807, 2.05) is 18.2 Å². The van der Waals surface area contributed by atoms with Gasteiger partial charge in [0.05, 0.1) is 12.5 Å². The number of benzene rings is 1. The Morgan fingerprint density at radius 3 is 3.00 bits per heavy atom. The van der Waals surface area contributed by atoms with Crippen molar-refractivity contribution < 1.29 is 13.6 Å². The first-order valence-corrected chi connectivity index (χ1v) is 7.70. The Morgan fingerprint density at radius 1 is 1.43 bits per heavy atom. The number of nitrogens with zero attached hydrogens (tertiary/aromatic N) is 3. The van der Waals surface area contributed by atoms with Gasteiger partial charge in [-0.25, -0.2) is 4.98 Å². The lowest BCUT2D eigenvalue weighted by molar-refractivity contribution is -0.132. The summed E-state index contributed by atoms with van der Waals surface area (Å²) in [6.45, 7) is -2.57. The van der Waals surface area contributed by atoms with E-state index in [9.17, 15) is 13.6 Å². The Bertz CT molecular complexity index is 699. The van der Waals surface area contributed by atoms with Gasteiger partial charge in [-0.15, -0.1) is 0 Å². The topological polar surface area (TPSA) is 38.1 Å². The maximum absolute atomic E-state index is 12.9. The van der Waals surface area contributed by atoms with Gasteiger partial charge in [0.2, 0.25) is 5.91 Å². The molecule has 0 unspecified atom stereocenters. The van der Waals surface area contributed by atoms with Crippen LogP contribution >= 0.6 is 0 Å². The molecule has 0 saturated carbocycles. The fraction of sp³-hybridized carbons (Fsp3) is 0.412. The first kappa shape index (κ1) is 15.6. The Labute approximate surface area is 133 Å². The van der Waals surface area contributed by atoms with Crippen molar-refractivity contribution in [3.63, 3.8) is 0 Å². The molecule has 1 aromatic carbocycles. The van der Waals surface area contributed by atoms with Gasteiger partial charge in [-0.1, -0.05) is 24.3 Å². The van der Waals surface area contributed by atoms with Crippen LogP contribution in [0.5, 0.6) is 0 Å². The summed E-state index contributed by atoms with van der Waals surface area (Å²) in [7, 11) is 1.64. The standard InChI is InChI=1S/C17H19F2N3O/c1-21(11-15-20-9-10-22(15)17(18)19)16(23)14-8-4-6-12-5-2-3-7-13(12)14/h2-3,5,7,9-10,14,17H,4,6,8,11H2,1H3/t14-/m0/s1. The maximum Gasteiger partial charge on any atom is 0.319 e. The number of rotatable bonds is 4. The Hall–Kier alpha value is -2.24. The number of amides is 1. The van der Waals surface area contributed by atoms with Crippen molar-refractivity contribution in [1.82, 2.24) is 14.5 Å². The van der Waals surface area contributed by atoms with E-state index in [4.69, 9.17) is 0 Å². The summed E-state index contributed by atoms with van der Waals surface area (Å²) in [5.41, 5.74) is 2.27. The third-order valence-corrected chi connectivity index (χ3v) is 4.38. The molecule has 1 aromatic heterocycles. The molecule has 0 saturated heterocycles. The quantitative estimate of drug-likeness (QED) is 0.867. The number of carbonyl (C=O) groups is 1. The van der Waals surface area contributed by atoms with Crippen LogP contribution in [0.2, 0.25) is 0 Å². The highest BCUT2D eigenvalue weighted by Gasteiger charge is 2.29. The predicted molar refractivity (Wildman–Crippen MR) is 82.1 cm³/mol. The molecule has 23 heavy (non-hydrogen) atoms. The average molecular weight is 319 g/mol. The molecule has 1 heterocycles. The molecule has 1 aliphatic rings. The van der Waals surface area contributed by atoms with Crippen LogP contribution in [0.15, 0.2) is 36.7 Å². The summed E-state index contributed by atoms with van der Waals surface area (Å²) in [5, 5.41) is 0. The van der Waals surface area contributed by atoms with Crippen molar-refractivity contribution in [2.75, 3.05) is 7.05 Å². The second-order valence-corrected chi connectivity index (χ2v) is 5.87. The molecule has 0 spiro atoms. The van der Waals surface area contributed by atoms with Crippen molar-refractivity contribution in [3.8, 4) is 0 Å². The van der Waals surface area contributed by atoms with Crippen LogP contribution in [0.4, 0.5) is 8.78 Å². The number of likely N-dealkylation sites (N-methyl/N-ethyl adjacent to an activating group) is 1. The molecular formula is C17H19F2N3O. The number of imidazole rings is 1. The smallest absolute Gasteiger partial charge is 0.319 e. The van der Waals surface area contributed by atoms with Crippen LogP contribution < -0.4 is 0 Å². The molecule has 3 rings (SSSR count). The van der Waals surface area contributed by atoms with E-state index in [0.717, 1.165) is 29.4 Å². The van der Waals surface area contributed by atoms with Crippen molar-refractivity contribution in [1.29, 1.82) is 0 Å². The van der Waals surface area contributed by atoms with Crippen LogP contribution in [0.25, 0.3) is 0 Å². The SMILES string of the molecule is CN(Cc1nccn1C(F)F)C(=O)[C@H]1CCCc2ccccc21. The molecule has 4 nitrogen and oxygen atoms in total. The normalized spacial score (nSPS) is 17.1. The molecular weight excluding hydrogens is 300 g/mol. The molecule has 0 aliphatic heterocycles. The minimum absolute atomic E-state index is 0.0408. The summed E-state index contributed by atoms with van der Waals surface area (Å²) in [6.07, 6.45) is 5.31. The lowest BCUT2D eigenvalue weighted by Crippen LogP contribution is -2.34. The van der Waals surface area contributed by atoms with Crippen LogP contribution in [0.3, 0.4) is 0 Å². The molecule has 0 fully saturated rings. The highest BCUT2D eigenvalue weighted by Crippen LogP contribution is 2.33. The molecule has 2 aromatic rings. The first-order chi connectivity index (χ1) is 11.1. The molecule has 6 heteroatoms.